The summed E-state index contributed by atoms with van der Waals surface area (Å²) in [5.41, 5.74) is 0.442. The predicted molar refractivity (Wildman–Crippen MR) is 99.9 cm³/mol. The second kappa shape index (κ2) is 4.65. The normalized spacial score (nSPS) is 11.5. The van der Waals surface area contributed by atoms with E-state index in [0.29, 0.717) is 27.4 Å². The number of pyridine rings is 2. The zero-order chi connectivity index (χ0) is 17.1. The first-order chi connectivity index (χ1) is 12.2. The molecule has 4 nitrogen and oxygen atoms in total. The topological polar surface area (TPSA) is 42.9 Å². The van der Waals surface area contributed by atoms with Gasteiger partial charge in [0.15, 0.2) is 5.69 Å². The van der Waals surface area contributed by atoms with Gasteiger partial charge in [-0.1, -0.05) is 48.5 Å². The van der Waals surface area contributed by atoms with Gasteiger partial charge in [-0.3, -0.25) is 9.59 Å². The van der Waals surface area contributed by atoms with Crippen LogP contribution >= 0.6 is 0 Å². The maximum atomic E-state index is 13.0. The van der Waals surface area contributed by atoms with Crippen LogP contribution in [0.1, 0.15) is 0 Å². The summed E-state index contributed by atoms with van der Waals surface area (Å²) in [6, 6.07) is 18.0. The second-order valence-corrected chi connectivity index (χ2v) is 6.03. The molecule has 2 heterocycles. The van der Waals surface area contributed by atoms with Crippen LogP contribution in [0.25, 0.3) is 42.7 Å². The number of benzene rings is 3. The Morgan fingerprint density at radius 1 is 0.680 bits per heavy atom. The summed E-state index contributed by atoms with van der Waals surface area (Å²) in [6.07, 6.45) is 0. The summed E-state index contributed by atoms with van der Waals surface area (Å²) in [7, 11) is 0. The first-order valence-electron chi connectivity index (χ1n) is 7.84. The molecule has 0 atom stereocenters. The molecular formula is C21H10N2O2. The molecule has 2 aromatic heterocycles. The SMILES string of the molecule is [C-]#[N+]c1ccc2c(=O)n3c(=O)c4ccccc4c4cccc(c2c1)c43. The average Bonchev–Trinajstić information content (AvgIpc) is 2.67. The van der Waals surface area contributed by atoms with Gasteiger partial charge in [-0.15, -0.1) is 0 Å². The van der Waals surface area contributed by atoms with E-state index >= 15 is 0 Å². The molecule has 0 aliphatic rings. The van der Waals surface area contributed by atoms with Crippen molar-refractivity contribution in [2.75, 3.05) is 0 Å². The van der Waals surface area contributed by atoms with Crippen molar-refractivity contribution in [1.82, 2.24) is 4.40 Å². The quantitative estimate of drug-likeness (QED) is 0.245. The van der Waals surface area contributed by atoms with Crippen LogP contribution in [0.5, 0.6) is 0 Å². The lowest BCUT2D eigenvalue weighted by Crippen LogP contribution is -2.27. The third-order valence-electron chi connectivity index (χ3n) is 4.77. The number of rotatable bonds is 0. The van der Waals surface area contributed by atoms with Crippen molar-refractivity contribution >= 4 is 43.5 Å². The summed E-state index contributed by atoms with van der Waals surface area (Å²) in [5.74, 6) is 0. The molecule has 4 heteroatoms. The van der Waals surface area contributed by atoms with Gasteiger partial charge in [-0.05, 0) is 22.9 Å². The summed E-state index contributed by atoms with van der Waals surface area (Å²) in [5, 5.41) is 4.18. The fraction of sp³-hybridized carbons (Fsp3) is 0. The van der Waals surface area contributed by atoms with Gasteiger partial charge in [0.05, 0.1) is 12.1 Å². The monoisotopic (exact) mass is 322 g/mol. The molecule has 0 aliphatic carbocycles. The lowest BCUT2D eigenvalue weighted by molar-refractivity contribution is 1.09. The van der Waals surface area contributed by atoms with E-state index in [0.717, 1.165) is 16.2 Å². The van der Waals surface area contributed by atoms with Gasteiger partial charge >= 0.3 is 0 Å². The fourth-order valence-corrected chi connectivity index (χ4v) is 3.67. The second-order valence-electron chi connectivity index (χ2n) is 6.03. The zero-order valence-electron chi connectivity index (χ0n) is 13.0. The van der Waals surface area contributed by atoms with E-state index in [9.17, 15) is 9.59 Å². The third kappa shape index (κ3) is 1.64. The Hall–Kier alpha value is -3.71. The van der Waals surface area contributed by atoms with Gasteiger partial charge in [0.1, 0.15) is 0 Å². The van der Waals surface area contributed by atoms with E-state index in [-0.39, 0.29) is 11.1 Å². The summed E-state index contributed by atoms with van der Waals surface area (Å²) in [4.78, 5) is 29.5. The highest BCUT2D eigenvalue weighted by molar-refractivity contribution is 6.18. The lowest BCUT2D eigenvalue weighted by atomic mass is 9.99. The maximum absolute atomic E-state index is 13.0. The van der Waals surface area contributed by atoms with Crippen molar-refractivity contribution < 1.29 is 0 Å². The number of para-hydroxylation sites is 1. The minimum atomic E-state index is -0.342. The van der Waals surface area contributed by atoms with E-state index in [1.165, 1.54) is 4.40 Å². The molecule has 0 spiro atoms. The van der Waals surface area contributed by atoms with E-state index in [2.05, 4.69) is 4.85 Å². The van der Waals surface area contributed by atoms with Gasteiger partial charge < -0.3 is 0 Å². The van der Waals surface area contributed by atoms with Gasteiger partial charge in [0.2, 0.25) is 0 Å². The van der Waals surface area contributed by atoms with E-state index in [1.807, 2.05) is 30.3 Å². The molecule has 0 saturated heterocycles. The van der Waals surface area contributed by atoms with Gasteiger partial charge in [0, 0.05) is 21.5 Å². The first kappa shape index (κ1) is 13.7. The number of nitrogens with zero attached hydrogens (tertiary/aromatic N) is 2. The highest BCUT2D eigenvalue weighted by Crippen LogP contribution is 2.31. The molecule has 0 bridgehead atoms. The molecule has 0 aliphatic heterocycles. The molecule has 25 heavy (non-hydrogen) atoms. The van der Waals surface area contributed by atoms with Crippen molar-refractivity contribution in [2.45, 2.75) is 0 Å². The fourth-order valence-electron chi connectivity index (χ4n) is 3.67. The standard InChI is InChI=1S/C21H10N2O2/c1-22-12-9-10-17-18(11-12)15-8-4-7-14-13-5-2-3-6-16(13)20(24)23(19(14)15)21(17)25/h2-11H. The zero-order valence-corrected chi connectivity index (χ0v) is 13.0. The minimum absolute atomic E-state index is 0.305. The molecule has 5 aromatic rings. The molecule has 3 aromatic carbocycles. The van der Waals surface area contributed by atoms with Crippen molar-refractivity contribution in [3.05, 3.63) is 92.8 Å². The van der Waals surface area contributed by atoms with Crippen molar-refractivity contribution in [1.29, 1.82) is 0 Å². The lowest BCUT2D eigenvalue weighted by Gasteiger charge is -2.12. The molecule has 0 N–H and O–H groups in total. The Morgan fingerprint density at radius 3 is 2.00 bits per heavy atom. The maximum Gasteiger partial charge on any atom is 0.266 e. The van der Waals surface area contributed by atoms with Crippen LogP contribution < -0.4 is 11.1 Å². The third-order valence-corrected chi connectivity index (χ3v) is 4.77. The van der Waals surface area contributed by atoms with E-state index in [4.69, 9.17) is 6.57 Å². The van der Waals surface area contributed by atoms with Gasteiger partial charge in [-0.25, -0.2) is 9.25 Å². The number of aromatic nitrogens is 1. The Labute approximate surface area is 141 Å². The smallest absolute Gasteiger partial charge is 0.266 e. The van der Waals surface area contributed by atoms with Gasteiger partial charge in [0.25, 0.3) is 11.1 Å². The molecule has 5 rings (SSSR count). The van der Waals surface area contributed by atoms with Crippen LogP contribution in [-0.4, -0.2) is 4.40 Å². The predicted octanol–water partition coefficient (Wildman–Crippen LogP) is 4.11. The van der Waals surface area contributed by atoms with Crippen LogP contribution in [0.3, 0.4) is 0 Å². The Bertz CT molecular complexity index is 1490. The molecule has 0 amide bonds. The first-order valence-corrected chi connectivity index (χ1v) is 7.84. The van der Waals surface area contributed by atoms with E-state index in [1.54, 1.807) is 30.3 Å². The van der Waals surface area contributed by atoms with Crippen LogP contribution in [0.15, 0.2) is 70.3 Å². The molecule has 0 unspecified atom stereocenters. The Kier molecular flexibility index (Phi) is 2.55. The molecule has 116 valence electrons. The van der Waals surface area contributed by atoms with Crippen LogP contribution in [-0.2, 0) is 0 Å². The highest BCUT2D eigenvalue weighted by Gasteiger charge is 2.16. The van der Waals surface area contributed by atoms with Crippen LogP contribution in [0.2, 0.25) is 0 Å². The summed E-state index contributed by atoms with van der Waals surface area (Å²) >= 11 is 0. The molecule has 0 fully saturated rings. The van der Waals surface area contributed by atoms with Crippen LogP contribution in [0.4, 0.5) is 5.69 Å². The summed E-state index contributed by atoms with van der Waals surface area (Å²) in [6.45, 7) is 7.23. The largest absolute Gasteiger partial charge is 0.268 e. The highest BCUT2D eigenvalue weighted by atomic mass is 16.2. The minimum Gasteiger partial charge on any atom is -0.268 e. The summed E-state index contributed by atoms with van der Waals surface area (Å²) < 4.78 is 1.27. The van der Waals surface area contributed by atoms with E-state index < -0.39 is 0 Å². The Morgan fingerprint density at radius 2 is 1.28 bits per heavy atom. The molecule has 0 radical (unpaired) electrons. The average molecular weight is 322 g/mol. The molecular weight excluding hydrogens is 312 g/mol. The van der Waals surface area contributed by atoms with Crippen molar-refractivity contribution in [2.24, 2.45) is 0 Å². The number of hydrogen-bond acceptors (Lipinski definition) is 2. The van der Waals surface area contributed by atoms with Crippen LogP contribution in [0, 0.1) is 6.57 Å². The Balaban J connectivity index is 2.26. The van der Waals surface area contributed by atoms with Gasteiger partial charge in [-0.2, -0.15) is 0 Å². The van der Waals surface area contributed by atoms with Crippen molar-refractivity contribution in [3.8, 4) is 0 Å². The molecule has 0 saturated carbocycles. The van der Waals surface area contributed by atoms with Crippen molar-refractivity contribution in [3.63, 3.8) is 0 Å². The number of fused-ring (bicyclic) bond motifs is 4. The number of hydrogen-bond donors (Lipinski definition) is 0.